The number of hydrogen-bond donors (Lipinski definition) is 2. The number of carbonyl (C=O) groups is 1. The summed E-state index contributed by atoms with van der Waals surface area (Å²) < 4.78 is 22.7. The Morgan fingerprint density at radius 1 is 1.23 bits per heavy atom. The fraction of sp³-hybridized carbons (Fsp3) is 0.364. The summed E-state index contributed by atoms with van der Waals surface area (Å²) in [6, 6.07) is 6.43. The van der Waals surface area contributed by atoms with Gasteiger partial charge in [-0.05, 0) is 36.2 Å². The predicted molar refractivity (Wildman–Crippen MR) is 112 cm³/mol. The lowest BCUT2D eigenvalue weighted by molar-refractivity contribution is -0.138. The third-order valence-electron chi connectivity index (χ3n) is 4.80. The van der Waals surface area contributed by atoms with Gasteiger partial charge in [-0.2, -0.15) is 0 Å². The van der Waals surface area contributed by atoms with Gasteiger partial charge < -0.3 is 29.5 Å². The van der Waals surface area contributed by atoms with E-state index in [4.69, 9.17) is 29.5 Å². The number of fused-ring (bicyclic) bond motifs is 1. The van der Waals surface area contributed by atoms with Crippen LogP contribution in [0.15, 0.2) is 28.7 Å². The lowest BCUT2D eigenvalue weighted by Crippen LogP contribution is -2.32. The fourth-order valence-electron chi connectivity index (χ4n) is 3.39. The van der Waals surface area contributed by atoms with Crippen LogP contribution in [0.2, 0.25) is 0 Å². The van der Waals surface area contributed by atoms with Crippen molar-refractivity contribution in [2.75, 3.05) is 20.8 Å². The predicted octanol–water partition coefficient (Wildman–Crippen LogP) is 3.31. The van der Waals surface area contributed by atoms with Crippen molar-refractivity contribution in [3.05, 3.63) is 41.3 Å². The van der Waals surface area contributed by atoms with Crippen molar-refractivity contribution in [3.63, 3.8) is 0 Å². The van der Waals surface area contributed by atoms with E-state index in [-0.39, 0.29) is 6.42 Å². The van der Waals surface area contributed by atoms with Gasteiger partial charge in [-0.15, -0.1) is 0 Å². The van der Waals surface area contributed by atoms with E-state index in [9.17, 15) is 4.79 Å². The number of ether oxygens (including phenoxy) is 3. The van der Waals surface area contributed by atoms with E-state index < -0.39 is 12.0 Å². The summed E-state index contributed by atoms with van der Waals surface area (Å²) in [5.74, 6) is 0.609. The summed E-state index contributed by atoms with van der Waals surface area (Å²) in [5, 5.41) is 9.17. The smallest absolute Gasteiger partial charge is 0.320 e. The zero-order chi connectivity index (χ0) is 21.8. The Hall–Kier alpha value is -3.10. The number of oxazole rings is 1. The van der Waals surface area contributed by atoms with E-state index in [1.54, 1.807) is 21.1 Å². The molecule has 0 amide bonds. The van der Waals surface area contributed by atoms with E-state index in [1.807, 2.05) is 31.2 Å². The van der Waals surface area contributed by atoms with Gasteiger partial charge in [-0.3, -0.25) is 4.79 Å². The van der Waals surface area contributed by atoms with Gasteiger partial charge in [0.25, 0.3) is 0 Å². The summed E-state index contributed by atoms with van der Waals surface area (Å²) in [4.78, 5) is 15.7. The topological polar surface area (TPSA) is 117 Å². The average molecular weight is 414 g/mol. The van der Waals surface area contributed by atoms with Crippen LogP contribution in [-0.2, 0) is 22.6 Å². The first-order valence-corrected chi connectivity index (χ1v) is 9.60. The summed E-state index contributed by atoms with van der Waals surface area (Å²) in [5.41, 5.74) is 9.90. The number of aromatic nitrogens is 1. The Labute approximate surface area is 174 Å². The highest BCUT2D eigenvalue weighted by molar-refractivity contribution is 5.96. The Morgan fingerprint density at radius 3 is 2.47 bits per heavy atom. The maximum absolute atomic E-state index is 11.2. The number of carboxylic acid groups (broad SMARTS) is 1. The van der Waals surface area contributed by atoms with Crippen molar-refractivity contribution in [2.45, 2.75) is 32.9 Å². The van der Waals surface area contributed by atoms with E-state index in [1.165, 1.54) is 0 Å². The number of carboxylic acids is 1. The second-order valence-corrected chi connectivity index (χ2v) is 6.84. The second-order valence-electron chi connectivity index (χ2n) is 6.84. The van der Waals surface area contributed by atoms with Gasteiger partial charge in [-0.25, -0.2) is 4.98 Å². The quantitative estimate of drug-likeness (QED) is 0.548. The number of nitrogens with two attached hydrogens (primary N) is 1. The molecule has 1 heterocycles. The first-order chi connectivity index (χ1) is 14.4. The van der Waals surface area contributed by atoms with Crippen molar-refractivity contribution >= 4 is 17.1 Å². The number of benzene rings is 2. The molecule has 2 aromatic carbocycles. The monoisotopic (exact) mass is 414 g/mol. The summed E-state index contributed by atoms with van der Waals surface area (Å²) in [6.07, 6.45) is 0.139. The van der Waals surface area contributed by atoms with Crippen LogP contribution in [0, 0.1) is 6.92 Å². The molecule has 1 atom stereocenters. The molecule has 160 valence electrons. The minimum Gasteiger partial charge on any atom is -0.496 e. The zero-order valence-electron chi connectivity index (χ0n) is 17.5. The first kappa shape index (κ1) is 21.6. The maximum Gasteiger partial charge on any atom is 0.320 e. The molecule has 0 saturated carbocycles. The van der Waals surface area contributed by atoms with E-state index in [0.29, 0.717) is 47.3 Å². The Kier molecular flexibility index (Phi) is 6.59. The Bertz CT molecular complexity index is 1030. The van der Waals surface area contributed by atoms with Crippen LogP contribution < -0.4 is 15.2 Å². The summed E-state index contributed by atoms with van der Waals surface area (Å²) in [7, 11) is 3.18. The van der Waals surface area contributed by atoms with Gasteiger partial charge in [0.2, 0.25) is 0 Å². The third-order valence-corrected chi connectivity index (χ3v) is 4.80. The van der Waals surface area contributed by atoms with Gasteiger partial charge in [0.1, 0.15) is 23.1 Å². The Balaban J connectivity index is 2.18. The Morgan fingerprint density at radius 2 is 1.90 bits per heavy atom. The first-order valence-electron chi connectivity index (χ1n) is 9.60. The minimum atomic E-state index is -1.07. The highest BCUT2D eigenvalue weighted by Crippen LogP contribution is 2.43. The molecule has 3 aromatic rings. The van der Waals surface area contributed by atoms with Crippen molar-refractivity contribution < 1.29 is 28.5 Å². The largest absolute Gasteiger partial charge is 0.496 e. The number of rotatable bonds is 9. The molecule has 0 saturated heterocycles. The average Bonchev–Trinajstić information content (AvgIpc) is 3.13. The fourth-order valence-corrected chi connectivity index (χ4v) is 3.39. The highest BCUT2D eigenvalue weighted by Gasteiger charge is 2.23. The van der Waals surface area contributed by atoms with Crippen LogP contribution in [0.4, 0.5) is 0 Å². The maximum atomic E-state index is 11.2. The molecule has 0 spiro atoms. The standard InChI is InChI=1S/C22H26N2O6/c1-5-29-11-13-8-17(27-3)19(18(9-13)28-4)15-7-6-14(10-16(23)22(25)26)20-21(15)30-12(2)24-20/h6-9,16H,5,10-11,23H2,1-4H3,(H,25,26). The molecule has 1 unspecified atom stereocenters. The molecule has 0 fully saturated rings. The molecule has 0 aliphatic rings. The van der Waals surface area contributed by atoms with E-state index in [2.05, 4.69) is 4.98 Å². The number of aryl methyl sites for hydroxylation is 1. The van der Waals surface area contributed by atoms with Gasteiger partial charge in [-0.1, -0.05) is 6.07 Å². The lowest BCUT2D eigenvalue weighted by Gasteiger charge is -2.16. The van der Waals surface area contributed by atoms with Crippen LogP contribution >= 0.6 is 0 Å². The number of aliphatic carboxylic acids is 1. The number of nitrogens with zero attached hydrogens (tertiary/aromatic N) is 1. The summed E-state index contributed by atoms with van der Waals surface area (Å²) >= 11 is 0. The molecule has 0 aliphatic heterocycles. The molecule has 0 aliphatic carbocycles. The van der Waals surface area contributed by atoms with Crippen LogP contribution in [0.3, 0.4) is 0 Å². The van der Waals surface area contributed by atoms with Crippen LogP contribution in [0.5, 0.6) is 11.5 Å². The second kappa shape index (κ2) is 9.15. The van der Waals surface area contributed by atoms with E-state index >= 15 is 0 Å². The van der Waals surface area contributed by atoms with Crippen molar-refractivity contribution in [3.8, 4) is 22.6 Å². The molecule has 0 bridgehead atoms. The van der Waals surface area contributed by atoms with E-state index in [0.717, 1.165) is 16.7 Å². The minimum absolute atomic E-state index is 0.139. The molecule has 3 rings (SSSR count). The summed E-state index contributed by atoms with van der Waals surface area (Å²) in [6.45, 7) is 4.71. The van der Waals surface area contributed by atoms with Gasteiger partial charge in [0.15, 0.2) is 11.5 Å². The molecular formula is C22H26N2O6. The molecule has 0 radical (unpaired) electrons. The highest BCUT2D eigenvalue weighted by atomic mass is 16.5. The number of methoxy groups -OCH3 is 2. The molecule has 8 nitrogen and oxygen atoms in total. The lowest BCUT2D eigenvalue weighted by atomic mass is 9.96. The molecule has 1 aromatic heterocycles. The van der Waals surface area contributed by atoms with Gasteiger partial charge in [0.05, 0.1) is 26.4 Å². The molecule has 3 N–H and O–H groups in total. The number of hydrogen-bond acceptors (Lipinski definition) is 7. The van der Waals surface area contributed by atoms with Crippen LogP contribution in [0.1, 0.15) is 23.9 Å². The third kappa shape index (κ3) is 4.24. The van der Waals surface area contributed by atoms with Gasteiger partial charge in [0, 0.05) is 25.5 Å². The van der Waals surface area contributed by atoms with Crippen molar-refractivity contribution in [1.82, 2.24) is 4.98 Å². The molecule has 30 heavy (non-hydrogen) atoms. The van der Waals surface area contributed by atoms with Crippen molar-refractivity contribution in [1.29, 1.82) is 0 Å². The zero-order valence-corrected chi connectivity index (χ0v) is 17.5. The van der Waals surface area contributed by atoms with Crippen LogP contribution in [-0.4, -0.2) is 42.9 Å². The molecule has 8 heteroatoms. The normalized spacial score (nSPS) is 12.2. The molecular weight excluding hydrogens is 388 g/mol. The van der Waals surface area contributed by atoms with Gasteiger partial charge >= 0.3 is 5.97 Å². The van der Waals surface area contributed by atoms with Crippen LogP contribution in [0.25, 0.3) is 22.2 Å². The van der Waals surface area contributed by atoms with Crippen molar-refractivity contribution in [2.24, 2.45) is 5.73 Å². The SMILES string of the molecule is CCOCc1cc(OC)c(-c2ccc(CC(N)C(=O)O)c3nc(C)oc23)c(OC)c1.